The molecular weight excluding hydrogens is 288 g/mol. The van der Waals surface area contributed by atoms with Crippen LogP contribution in [0.1, 0.15) is 19.4 Å². The van der Waals surface area contributed by atoms with Gasteiger partial charge in [0, 0.05) is 43.4 Å². The van der Waals surface area contributed by atoms with E-state index < -0.39 is 0 Å². The summed E-state index contributed by atoms with van der Waals surface area (Å²) in [4.78, 5) is 18.7. The second-order valence-corrected chi connectivity index (χ2v) is 5.93. The molecule has 4 nitrogen and oxygen atoms in total. The van der Waals surface area contributed by atoms with E-state index in [0.717, 1.165) is 23.0 Å². The number of para-hydroxylation sites is 1. The molecule has 122 valence electrons. The van der Waals surface area contributed by atoms with Gasteiger partial charge >= 0.3 is 0 Å². The summed E-state index contributed by atoms with van der Waals surface area (Å²) >= 11 is 0. The van der Waals surface area contributed by atoms with Crippen molar-refractivity contribution in [2.24, 2.45) is 5.92 Å². The van der Waals surface area contributed by atoms with E-state index in [0.29, 0.717) is 19.1 Å². The third-order valence-corrected chi connectivity index (χ3v) is 3.53. The molecule has 0 saturated carbocycles. The first-order valence-corrected chi connectivity index (χ1v) is 7.91. The number of hydrogen-bond acceptors (Lipinski definition) is 3. The molecular formula is C19H24N2O2. The van der Waals surface area contributed by atoms with Gasteiger partial charge in [0.2, 0.25) is 5.91 Å². The average molecular weight is 312 g/mol. The molecule has 0 atom stereocenters. The maximum Gasteiger partial charge on any atom is 0.246 e. The van der Waals surface area contributed by atoms with Crippen LogP contribution in [0.25, 0.3) is 17.0 Å². The zero-order chi connectivity index (χ0) is 16.7. The van der Waals surface area contributed by atoms with Crippen molar-refractivity contribution >= 4 is 22.9 Å². The fraction of sp³-hybridized carbons (Fsp3) is 0.368. The van der Waals surface area contributed by atoms with Gasteiger partial charge in [-0.25, -0.2) is 0 Å². The molecule has 0 N–H and O–H groups in total. The first-order chi connectivity index (χ1) is 11.1. The molecule has 4 heteroatoms. The number of carbonyl (C=O) groups excluding carboxylic acids is 1. The highest BCUT2D eigenvalue weighted by molar-refractivity contribution is 5.95. The Morgan fingerprint density at radius 3 is 2.83 bits per heavy atom. The van der Waals surface area contributed by atoms with Crippen molar-refractivity contribution in [1.29, 1.82) is 0 Å². The number of aromatic nitrogens is 1. The van der Waals surface area contributed by atoms with Crippen LogP contribution in [0.2, 0.25) is 0 Å². The number of methoxy groups -OCH3 is 1. The van der Waals surface area contributed by atoms with Gasteiger partial charge < -0.3 is 9.64 Å². The van der Waals surface area contributed by atoms with Crippen molar-refractivity contribution in [3.05, 3.63) is 48.2 Å². The molecule has 0 aliphatic heterocycles. The highest BCUT2D eigenvalue weighted by Gasteiger charge is 2.12. The lowest BCUT2D eigenvalue weighted by molar-refractivity contribution is -0.127. The van der Waals surface area contributed by atoms with Crippen molar-refractivity contribution in [3.8, 4) is 0 Å². The Labute approximate surface area is 137 Å². The molecule has 0 unspecified atom stereocenters. The molecule has 23 heavy (non-hydrogen) atoms. The van der Waals surface area contributed by atoms with Crippen LogP contribution in [0.3, 0.4) is 0 Å². The maximum absolute atomic E-state index is 12.5. The maximum atomic E-state index is 12.5. The Morgan fingerprint density at radius 2 is 2.09 bits per heavy atom. The molecule has 0 radical (unpaired) electrons. The Bertz CT molecular complexity index is 675. The van der Waals surface area contributed by atoms with Gasteiger partial charge in [0.05, 0.1) is 12.1 Å². The SMILES string of the molecule is COCCN(CC(C)C)C(=O)/C=C/c1cccc2cccnc12. The fourth-order valence-electron chi connectivity index (χ4n) is 2.46. The number of pyridine rings is 1. The van der Waals surface area contributed by atoms with E-state index in [4.69, 9.17) is 4.74 Å². The van der Waals surface area contributed by atoms with Crippen LogP contribution >= 0.6 is 0 Å². The van der Waals surface area contributed by atoms with Gasteiger partial charge in [-0.1, -0.05) is 38.1 Å². The van der Waals surface area contributed by atoms with Gasteiger partial charge in [0.25, 0.3) is 0 Å². The van der Waals surface area contributed by atoms with E-state index in [1.807, 2.05) is 41.3 Å². The lowest BCUT2D eigenvalue weighted by Gasteiger charge is -2.22. The number of amides is 1. The molecule has 2 aromatic rings. The van der Waals surface area contributed by atoms with E-state index in [9.17, 15) is 4.79 Å². The third kappa shape index (κ3) is 4.89. The van der Waals surface area contributed by atoms with Crippen LogP contribution in [-0.4, -0.2) is 42.6 Å². The van der Waals surface area contributed by atoms with E-state index >= 15 is 0 Å². The highest BCUT2D eigenvalue weighted by Crippen LogP contribution is 2.17. The summed E-state index contributed by atoms with van der Waals surface area (Å²) in [7, 11) is 1.65. The lowest BCUT2D eigenvalue weighted by Crippen LogP contribution is -2.35. The van der Waals surface area contributed by atoms with E-state index in [2.05, 4.69) is 18.8 Å². The first kappa shape index (κ1) is 17.2. The van der Waals surface area contributed by atoms with Crippen molar-refractivity contribution in [2.75, 3.05) is 26.8 Å². The Kier molecular flexibility index (Phi) is 6.29. The van der Waals surface area contributed by atoms with Crippen LogP contribution in [0.4, 0.5) is 0 Å². The number of carbonyl (C=O) groups is 1. The molecule has 0 fully saturated rings. The molecule has 0 bridgehead atoms. The van der Waals surface area contributed by atoms with Gasteiger partial charge in [0.15, 0.2) is 0 Å². The van der Waals surface area contributed by atoms with Gasteiger partial charge in [0.1, 0.15) is 0 Å². The fourth-order valence-corrected chi connectivity index (χ4v) is 2.46. The molecule has 2 rings (SSSR count). The number of nitrogens with zero attached hydrogens (tertiary/aromatic N) is 2. The topological polar surface area (TPSA) is 42.4 Å². The number of benzene rings is 1. The first-order valence-electron chi connectivity index (χ1n) is 7.91. The summed E-state index contributed by atoms with van der Waals surface area (Å²) in [6.45, 7) is 6.07. The Morgan fingerprint density at radius 1 is 1.30 bits per heavy atom. The van der Waals surface area contributed by atoms with Crippen molar-refractivity contribution in [1.82, 2.24) is 9.88 Å². The second-order valence-electron chi connectivity index (χ2n) is 5.93. The molecule has 1 aromatic carbocycles. The summed E-state index contributed by atoms with van der Waals surface area (Å²) in [5.41, 5.74) is 1.86. The zero-order valence-electron chi connectivity index (χ0n) is 14.0. The molecule has 0 saturated heterocycles. The number of ether oxygens (including phenoxy) is 1. The molecule has 0 aliphatic carbocycles. The predicted molar refractivity (Wildman–Crippen MR) is 94.1 cm³/mol. The Hall–Kier alpha value is -2.20. The standard InChI is InChI=1S/C19H24N2O2/c1-15(2)14-21(12-13-23-3)18(22)10-9-17-7-4-6-16-8-5-11-20-19(16)17/h4-11,15H,12-14H2,1-3H3/b10-9+. The van der Waals surface area contributed by atoms with E-state index in [-0.39, 0.29) is 5.91 Å². The van der Waals surface area contributed by atoms with Crippen molar-refractivity contribution in [2.45, 2.75) is 13.8 Å². The van der Waals surface area contributed by atoms with Crippen LogP contribution in [0.5, 0.6) is 0 Å². The third-order valence-electron chi connectivity index (χ3n) is 3.53. The quantitative estimate of drug-likeness (QED) is 0.736. The van der Waals surface area contributed by atoms with Gasteiger partial charge in [-0.15, -0.1) is 0 Å². The zero-order valence-corrected chi connectivity index (χ0v) is 14.0. The van der Waals surface area contributed by atoms with Crippen LogP contribution in [0, 0.1) is 5.92 Å². The number of rotatable bonds is 7. The smallest absolute Gasteiger partial charge is 0.246 e. The summed E-state index contributed by atoms with van der Waals surface area (Å²) in [5, 5.41) is 1.07. The molecule has 1 heterocycles. The second kappa shape index (κ2) is 8.44. The molecule has 0 aliphatic rings. The van der Waals surface area contributed by atoms with Gasteiger partial charge in [-0.05, 0) is 18.1 Å². The largest absolute Gasteiger partial charge is 0.383 e. The summed E-state index contributed by atoms with van der Waals surface area (Å²) in [6.07, 6.45) is 5.24. The van der Waals surface area contributed by atoms with Crippen molar-refractivity contribution < 1.29 is 9.53 Å². The van der Waals surface area contributed by atoms with E-state index in [1.54, 1.807) is 19.4 Å². The van der Waals surface area contributed by atoms with Crippen LogP contribution < -0.4 is 0 Å². The lowest BCUT2D eigenvalue weighted by atomic mass is 10.1. The Balaban J connectivity index is 2.17. The minimum absolute atomic E-state index is 0.00341. The number of hydrogen-bond donors (Lipinski definition) is 0. The van der Waals surface area contributed by atoms with Gasteiger partial charge in [-0.3, -0.25) is 9.78 Å². The van der Waals surface area contributed by atoms with Crippen molar-refractivity contribution in [3.63, 3.8) is 0 Å². The van der Waals surface area contributed by atoms with Crippen LogP contribution in [-0.2, 0) is 9.53 Å². The normalized spacial score (nSPS) is 11.5. The number of fused-ring (bicyclic) bond motifs is 1. The van der Waals surface area contributed by atoms with E-state index in [1.165, 1.54) is 0 Å². The predicted octanol–water partition coefficient (Wildman–Crippen LogP) is 3.38. The summed E-state index contributed by atoms with van der Waals surface area (Å²) < 4.78 is 5.10. The summed E-state index contributed by atoms with van der Waals surface area (Å²) in [6, 6.07) is 9.90. The van der Waals surface area contributed by atoms with Gasteiger partial charge in [-0.2, -0.15) is 0 Å². The van der Waals surface area contributed by atoms with Crippen LogP contribution in [0.15, 0.2) is 42.6 Å². The highest BCUT2D eigenvalue weighted by atomic mass is 16.5. The minimum atomic E-state index is 0.00341. The average Bonchev–Trinajstić information content (AvgIpc) is 2.56. The summed E-state index contributed by atoms with van der Waals surface area (Å²) in [5.74, 6) is 0.423. The molecule has 1 amide bonds. The molecule has 1 aromatic heterocycles. The molecule has 0 spiro atoms. The monoisotopic (exact) mass is 312 g/mol. The minimum Gasteiger partial charge on any atom is -0.383 e.